The van der Waals surface area contributed by atoms with Gasteiger partial charge in [0.25, 0.3) is 0 Å². The van der Waals surface area contributed by atoms with Gasteiger partial charge < -0.3 is 0 Å². The highest BCUT2D eigenvalue weighted by Crippen LogP contribution is 2.55. The molecule has 0 aliphatic heterocycles. The van der Waals surface area contributed by atoms with E-state index in [4.69, 9.17) is 6.58 Å². The predicted octanol–water partition coefficient (Wildman–Crippen LogP) is 10.9. The molecule has 2 unspecified atom stereocenters. The maximum Gasteiger partial charge on any atom is 0.0201 e. The molecular formula is C39H42. The van der Waals surface area contributed by atoms with Gasteiger partial charge in [-0.2, -0.15) is 0 Å². The molecule has 3 aliphatic carbocycles. The molecule has 0 amide bonds. The minimum atomic E-state index is 0.283. The summed E-state index contributed by atoms with van der Waals surface area (Å²) in [7, 11) is 0. The van der Waals surface area contributed by atoms with Crippen molar-refractivity contribution in [2.45, 2.75) is 66.2 Å². The second-order valence-electron chi connectivity index (χ2n) is 11.8. The molecule has 5 rings (SSSR count). The molecule has 0 radical (unpaired) electrons. The molecule has 2 aromatic carbocycles. The Kier molecular flexibility index (Phi) is 7.50. The van der Waals surface area contributed by atoms with Crippen LogP contribution in [0.1, 0.15) is 80.2 Å². The molecule has 0 N–H and O–H groups in total. The van der Waals surface area contributed by atoms with Crippen LogP contribution in [0, 0.1) is 19.8 Å². The second-order valence-corrected chi connectivity index (χ2v) is 11.8. The topological polar surface area (TPSA) is 0 Å². The van der Waals surface area contributed by atoms with Crippen molar-refractivity contribution >= 4 is 11.1 Å². The zero-order valence-corrected chi connectivity index (χ0v) is 24.5. The van der Waals surface area contributed by atoms with Crippen molar-refractivity contribution in [2.75, 3.05) is 0 Å². The van der Waals surface area contributed by atoms with Gasteiger partial charge in [0.1, 0.15) is 0 Å². The lowest BCUT2D eigenvalue weighted by Crippen LogP contribution is -2.21. The fourth-order valence-electron chi connectivity index (χ4n) is 6.84. The van der Waals surface area contributed by atoms with Crippen molar-refractivity contribution in [3.8, 4) is 0 Å². The molecule has 0 nitrogen and oxygen atoms in total. The first-order valence-corrected chi connectivity index (χ1v) is 14.4. The normalized spacial score (nSPS) is 21.6. The highest BCUT2D eigenvalue weighted by molar-refractivity contribution is 5.78. The maximum atomic E-state index is 4.72. The van der Waals surface area contributed by atoms with Crippen molar-refractivity contribution < 1.29 is 0 Å². The smallest absolute Gasteiger partial charge is 0.0201 e. The van der Waals surface area contributed by atoms with Crippen molar-refractivity contribution in [2.24, 2.45) is 5.92 Å². The van der Waals surface area contributed by atoms with Crippen LogP contribution in [0.25, 0.3) is 11.1 Å². The third kappa shape index (κ3) is 5.06. The largest absolute Gasteiger partial charge is 0.0955 e. The standard InChI is InChI=1S/C39H42/c1-9-13-25(4)37-27(6)19-35-22-33(29(8)38(35)39(37)31-14-11-10-12-15-31)21-30-16-17-32(20-30)34-18-26(5)28(7)36(23-34)24(2)3/h10-12,14-19,21,23,38-39H,2,4,8-9,13,20,22H2,1,3,5-7H3/b33-21+. The second kappa shape index (κ2) is 10.9. The maximum absolute atomic E-state index is 4.72. The molecule has 0 aromatic heterocycles. The average Bonchev–Trinajstić information content (AvgIpc) is 3.49. The fraction of sp³-hybridized carbons (Fsp3) is 0.282. The lowest BCUT2D eigenvalue weighted by Gasteiger charge is -2.34. The minimum Gasteiger partial charge on any atom is -0.0955 e. The summed E-state index contributed by atoms with van der Waals surface area (Å²) >= 11 is 0. The number of hydrogen-bond donors (Lipinski definition) is 0. The van der Waals surface area contributed by atoms with Crippen LogP contribution < -0.4 is 0 Å². The van der Waals surface area contributed by atoms with Crippen LogP contribution in [0.2, 0.25) is 0 Å². The molecule has 3 aliphatic rings. The monoisotopic (exact) mass is 510 g/mol. The van der Waals surface area contributed by atoms with Crippen LogP contribution in [0.4, 0.5) is 0 Å². The third-order valence-electron chi connectivity index (χ3n) is 8.90. The van der Waals surface area contributed by atoms with Gasteiger partial charge in [-0.15, -0.1) is 0 Å². The van der Waals surface area contributed by atoms with Gasteiger partial charge in [0.15, 0.2) is 0 Å². The van der Waals surface area contributed by atoms with Crippen LogP contribution >= 0.6 is 0 Å². The SMILES string of the molecule is C=C(CCC)C1=C(C)C=C2C/C(=C\C3=CC=C(c4cc(C)c(C)c(C(=C)C)c4)C3)C(=C)C2C1c1ccccc1. The predicted molar refractivity (Wildman–Crippen MR) is 171 cm³/mol. The quantitative estimate of drug-likeness (QED) is 0.347. The molecule has 1 fully saturated rings. The van der Waals surface area contributed by atoms with Gasteiger partial charge >= 0.3 is 0 Å². The Bertz CT molecular complexity index is 1520. The van der Waals surface area contributed by atoms with E-state index < -0.39 is 0 Å². The van der Waals surface area contributed by atoms with Crippen LogP contribution in [0.5, 0.6) is 0 Å². The van der Waals surface area contributed by atoms with Gasteiger partial charge in [-0.05, 0) is 114 Å². The van der Waals surface area contributed by atoms with Crippen LogP contribution in [-0.4, -0.2) is 0 Å². The molecule has 1 saturated carbocycles. The molecule has 0 saturated heterocycles. The molecule has 39 heavy (non-hydrogen) atoms. The van der Waals surface area contributed by atoms with Gasteiger partial charge in [-0.1, -0.05) is 111 Å². The number of rotatable bonds is 7. The van der Waals surface area contributed by atoms with Crippen molar-refractivity contribution in [3.05, 3.63) is 153 Å². The van der Waals surface area contributed by atoms with Crippen molar-refractivity contribution in [1.29, 1.82) is 0 Å². The van der Waals surface area contributed by atoms with Gasteiger partial charge in [0.2, 0.25) is 0 Å². The van der Waals surface area contributed by atoms with E-state index in [0.717, 1.165) is 31.3 Å². The number of benzene rings is 2. The Hall–Kier alpha value is -3.64. The molecule has 0 heterocycles. The third-order valence-corrected chi connectivity index (χ3v) is 8.90. The summed E-state index contributed by atoms with van der Waals surface area (Å²) in [5, 5.41) is 0. The molecule has 198 valence electrons. The van der Waals surface area contributed by atoms with Crippen molar-refractivity contribution in [1.82, 2.24) is 0 Å². The zero-order valence-electron chi connectivity index (χ0n) is 24.5. The molecule has 0 heteroatoms. The van der Waals surface area contributed by atoms with Crippen LogP contribution in [0.15, 0.2) is 126 Å². The first-order chi connectivity index (χ1) is 18.7. The summed E-state index contributed by atoms with van der Waals surface area (Å²) in [6.07, 6.45) is 13.5. The zero-order chi connectivity index (χ0) is 27.8. The highest BCUT2D eigenvalue weighted by Gasteiger charge is 2.40. The van der Waals surface area contributed by atoms with Crippen LogP contribution in [0.3, 0.4) is 0 Å². The Morgan fingerprint density at radius 1 is 0.974 bits per heavy atom. The van der Waals surface area contributed by atoms with E-state index in [1.807, 2.05) is 0 Å². The summed E-state index contributed by atoms with van der Waals surface area (Å²) in [6.45, 7) is 24.5. The summed E-state index contributed by atoms with van der Waals surface area (Å²) in [6, 6.07) is 15.7. The molecule has 2 aromatic rings. The van der Waals surface area contributed by atoms with E-state index in [1.165, 1.54) is 72.4 Å². The molecule has 2 atom stereocenters. The van der Waals surface area contributed by atoms with Gasteiger partial charge in [0.05, 0.1) is 0 Å². The Labute approximate surface area is 236 Å². The van der Waals surface area contributed by atoms with Gasteiger partial charge in [-0.25, -0.2) is 0 Å². The summed E-state index contributed by atoms with van der Waals surface area (Å²) in [5.74, 6) is 0.587. The average molecular weight is 511 g/mol. The van der Waals surface area contributed by atoms with Gasteiger partial charge in [-0.3, -0.25) is 0 Å². The summed E-state index contributed by atoms with van der Waals surface area (Å²) < 4.78 is 0. The lowest BCUT2D eigenvalue weighted by molar-refractivity contribution is 0.619. The number of hydrogen-bond acceptors (Lipinski definition) is 0. The number of fused-ring (bicyclic) bond motifs is 1. The molecule has 0 spiro atoms. The fourth-order valence-corrected chi connectivity index (χ4v) is 6.84. The van der Waals surface area contributed by atoms with E-state index >= 15 is 0 Å². The van der Waals surface area contributed by atoms with Crippen molar-refractivity contribution in [3.63, 3.8) is 0 Å². The van der Waals surface area contributed by atoms with E-state index in [-0.39, 0.29) is 5.92 Å². The van der Waals surface area contributed by atoms with E-state index in [9.17, 15) is 0 Å². The Morgan fingerprint density at radius 3 is 2.41 bits per heavy atom. The Morgan fingerprint density at radius 2 is 1.72 bits per heavy atom. The first kappa shape index (κ1) is 26.9. The summed E-state index contributed by atoms with van der Waals surface area (Å²) in [5.41, 5.74) is 18.7. The van der Waals surface area contributed by atoms with E-state index in [0.29, 0.717) is 5.92 Å². The highest BCUT2D eigenvalue weighted by atomic mass is 14.4. The number of aryl methyl sites for hydroxylation is 1. The lowest BCUT2D eigenvalue weighted by atomic mass is 9.69. The molecular weight excluding hydrogens is 468 g/mol. The van der Waals surface area contributed by atoms with Gasteiger partial charge in [0, 0.05) is 11.8 Å². The number of allylic oxidation sites excluding steroid dienone is 13. The molecule has 0 bridgehead atoms. The summed E-state index contributed by atoms with van der Waals surface area (Å²) in [4.78, 5) is 0. The van der Waals surface area contributed by atoms with Crippen LogP contribution in [-0.2, 0) is 0 Å². The van der Waals surface area contributed by atoms with E-state index in [2.05, 4.69) is 115 Å². The first-order valence-electron chi connectivity index (χ1n) is 14.4. The minimum absolute atomic E-state index is 0.283. The van der Waals surface area contributed by atoms with E-state index in [1.54, 1.807) is 0 Å². The Balaban J connectivity index is 1.43.